The average molecular weight is 338 g/mol. The van der Waals surface area contributed by atoms with Crippen LogP contribution in [0.2, 0.25) is 0 Å². The first-order valence-electron chi connectivity index (χ1n) is 7.86. The van der Waals surface area contributed by atoms with Crippen molar-refractivity contribution in [3.8, 4) is 5.75 Å². The largest absolute Gasteiger partial charge is 0.489 e. The van der Waals surface area contributed by atoms with E-state index in [9.17, 15) is 9.59 Å². The van der Waals surface area contributed by atoms with Gasteiger partial charge in [0.25, 0.3) is 0 Å². The van der Waals surface area contributed by atoms with Gasteiger partial charge < -0.3 is 9.15 Å². The summed E-state index contributed by atoms with van der Waals surface area (Å²) in [6.45, 7) is 0.742. The Bertz CT molecular complexity index is 922. The molecule has 0 saturated heterocycles. The third-order valence-electron chi connectivity index (χ3n) is 3.82. The van der Waals surface area contributed by atoms with Gasteiger partial charge in [0.1, 0.15) is 17.9 Å². The van der Waals surface area contributed by atoms with Gasteiger partial charge >= 0.3 is 5.63 Å². The number of benzene rings is 2. The molecule has 0 radical (unpaired) electrons. The second-order valence-corrected chi connectivity index (χ2v) is 5.62. The molecule has 0 bridgehead atoms. The molecule has 2 N–H and O–H groups in total. The highest BCUT2D eigenvalue weighted by Gasteiger charge is 2.08. The van der Waals surface area contributed by atoms with Crippen LogP contribution in [0.3, 0.4) is 0 Å². The van der Waals surface area contributed by atoms with Crippen molar-refractivity contribution >= 4 is 17.4 Å². The van der Waals surface area contributed by atoms with Gasteiger partial charge in [0.2, 0.25) is 6.41 Å². The number of nitrogens with two attached hydrogens (primary N) is 1. The van der Waals surface area contributed by atoms with Gasteiger partial charge in [-0.1, -0.05) is 30.3 Å². The smallest absolute Gasteiger partial charge is 0.336 e. The molecule has 6 nitrogen and oxygen atoms in total. The van der Waals surface area contributed by atoms with Crippen molar-refractivity contribution in [3.63, 3.8) is 0 Å². The van der Waals surface area contributed by atoms with Crippen LogP contribution in [0, 0.1) is 0 Å². The molecular formula is C19H18N2O4. The van der Waals surface area contributed by atoms with E-state index in [0.29, 0.717) is 37.3 Å². The highest BCUT2D eigenvalue weighted by Crippen LogP contribution is 2.23. The number of hydrogen-bond donors (Lipinski definition) is 1. The number of hydrazine groups is 1. The molecule has 0 atom stereocenters. The van der Waals surface area contributed by atoms with E-state index in [1.54, 1.807) is 6.07 Å². The summed E-state index contributed by atoms with van der Waals surface area (Å²) in [5.41, 5.74) is 1.83. The molecule has 0 aliphatic rings. The maximum Gasteiger partial charge on any atom is 0.336 e. The van der Waals surface area contributed by atoms with E-state index in [0.717, 1.165) is 21.5 Å². The molecule has 1 aromatic heterocycles. The second-order valence-electron chi connectivity index (χ2n) is 5.62. The monoisotopic (exact) mass is 338 g/mol. The van der Waals surface area contributed by atoms with E-state index in [4.69, 9.17) is 15.0 Å². The van der Waals surface area contributed by atoms with Gasteiger partial charge in [-0.3, -0.25) is 9.80 Å². The standard InChI is InChI=1S/C19H18N2O4/c20-21(13-22)9-8-15-10-19(23)25-18-11-16(6-7-17(15)18)24-12-14-4-2-1-3-5-14/h1-7,10-11,13H,8-9,12,20H2. The zero-order valence-electron chi connectivity index (χ0n) is 13.6. The average Bonchev–Trinajstić information content (AvgIpc) is 2.64. The molecule has 128 valence electrons. The maximum atomic E-state index is 11.8. The Kier molecular flexibility index (Phi) is 5.11. The van der Waals surface area contributed by atoms with E-state index < -0.39 is 5.63 Å². The van der Waals surface area contributed by atoms with Crippen molar-refractivity contribution < 1.29 is 13.9 Å². The van der Waals surface area contributed by atoms with E-state index >= 15 is 0 Å². The number of rotatable bonds is 7. The first kappa shape index (κ1) is 16.7. The van der Waals surface area contributed by atoms with Crippen molar-refractivity contribution in [2.45, 2.75) is 13.0 Å². The molecule has 0 aliphatic carbocycles. The maximum absolute atomic E-state index is 11.8. The molecule has 0 unspecified atom stereocenters. The number of carbonyl (C=O) groups is 1. The Balaban J connectivity index is 1.82. The van der Waals surface area contributed by atoms with Crippen LogP contribution in [-0.4, -0.2) is 18.0 Å². The van der Waals surface area contributed by atoms with Gasteiger partial charge in [-0.05, 0) is 29.7 Å². The Morgan fingerprint density at radius 3 is 2.68 bits per heavy atom. The molecule has 3 aromatic rings. The molecule has 1 amide bonds. The summed E-state index contributed by atoms with van der Waals surface area (Å²) >= 11 is 0. The summed E-state index contributed by atoms with van der Waals surface area (Å²) in [4.78, 5) is 22.4. The number of amides is 1. The molecule has 0 saturated carbocycles. The highest BCUT2D eigenvalue weighted by atomic mass is 16.5. The lowest BCUT2D eigenvalue weighted by Crippen LogP contribution is -2.31. The quantitative estimate of drug-likeness (QED) is 0.235. The first-order chi connectivity index (χ1) is 12.2. The van der Waals surface area contributed by atoms with Crippen LogP contribution in [0.25, 0.3) is 11.0 Å². The fourth-order valence-electron chi connectivity index (χ4n) is 2.55. The number of hydrogen-bond acceptors (Lipinski definition) is 5. The predicted octanol–water partition coefficient (Wildman–Crippen LogP) is 2.25. The number of fused-ring (bicyclic) bond motifs is 1. The van der Waals surface area contributed by atoms with Crippen LogP contribution < -0.4 is 16.2 Å². The Morgan fingerprint density at radius 2 is 1.92 bits per heavy atom. The van der Waals surface area contributed by atoms with Crippen molar-refractivity contribution in [1.82, 2.24) is 5.01 Å². The predicted molar refractivity (Wildman–Crippen MR) is 93.9 cm³/mol. The number of carbonyl (C=O) groups excluding carboxylic acids is 1. The fraction of sp³-hybridized carbons (Fsp3) is 0.158. The Hall–Kier alpha value is -3.12. The van der Waals surface area contributed by atoms with Crippen molar-refractivity contribution in [1.29, 1.82) is 0 Å². The molecule has 2 aromatic carbocycles. The van der Waals surface area contributed by atoms with Crippen molar-refractivity contribution in [3.05, 3.63) is 76.1 Å². The van der Waals surface area contributed by atoms with Crippen LogP contribution in [-0.2, 0) is 17.8 Å². The number of nitrogens with zero attached hydrogens (tertiary/aromatic N) is 1. The summed E-state index contributed by atoms with van der Waals surface area (Å²) in [5.74, 6) is 6.08. The van der Waals surface area contributed by atoms with E-state index in [2.05, 4.69) is 0 Å². The van der Waals surface area contributed by atoms with Gasteiger partial charge in [-0.15, -0.1) is 0 Å². The molecular weight excluding hydrogens is 320 g/mol. The molecule has 0 fully saturated rings. The first-order valence-corrected chi connectivity index (χ1v) is 7.86. The van der Waals surface area contributed by atoms with Gasteiger partial charge in [0.15, 0.2) is 0 Å². The van der Waals surface area contributed by atoms with Gasteiger partial charge in [0, 0.05) is 24.1 Å². The Labute approximate surface area is 144 Å². The summed E-state index contributed by atoms with van der Waals surface area (Å²) < 4.78 is 11.0. The summed E-state index contributed by atoms with van der Waals surface area (Å²) in [5, 5.41) is 1.84. The molecule has 0 aliphatic heterocycles. The van der Waals surface area contributed by atoms with Gasteiger partial charge in [0.05, 0.1) is 0 Å². The summed E-state index contributed by atoms with van der Waals surface area (Å²) in [6, 6.07) is 16.6. The molecule has 3 rings (SSSR count). The SMILES string of the molecule is NN(C=O)CCc1cc(=O)oc2cc(OCc3ccccc3)ccc12. The van der Waals surface area contributed by atoms with E-state index in [1.807, 2.05) is 42.5 Å². The molecule has 0 spiro atoms. The zero-order valence-corrected chi connectivity index (χ0v) is 13.6. The molecule has 25 heavy (non-hydrogen) atoms. The lowest BCUT2D eigenvalue weighted by molar-refractivity contribution is -0.118. The minimum Gasteiger partial charge on any atom is -0.489 e. The van der Waals surface area contributed by atoms with Crippen LogP contribution in [0.4, 0.5) is 0 Å². The number of ether oxygens (including phenoxy) is 1. The third kappa shape index (κ3) is 4.24. The topological polar surface area (TPSA) is 85.8 Å². The van der Waals surface area contributed by atoms with Crippen molar-refractivity contribution in [2.24, 2.45) is 5.84 Å². The van der Waals surface area contributed by atoms with Gasteiger partial charge in [-0.2, -0.15) is 0 Å². The van der Waals surface area contributed by atoms with E-state index in [-0.39, 0.29) is 0 Å². The van der Waals surface area contributed by atoms with Crippen LogP contribution >= 0.6 is 0 Å². The highest BCUT2D eigenvalue weighted by molar-refractivity contribution is 5.81. The minimum absolute atomic E-state index is 0.314. The zero-order chi connectivity index (χ0) is 17.6. The normalized spacial score (nSPS) is 10.6. The van der Waals surface area contributed by atoms with Gasteiger partial charge in [-0.25, -0.2) is 10.6 Å². The van der Waals surface area contributed by atoms with Crippen molar-refractivity contribution in [2.75, 3.05) is 6.54 Å². The lowest BCUT2D eigenvalue weighted by Gasteiger charge is -2.11. The second kappa shape index (κ2) is 7.63. The summed E-state index contributed by atoms with van der Waals surface area (Å²) in [6.07, 6.45) is 1.00. The van der Waals surface area contributed by atoms with Crippen LogP contribution in [0.5, 0.6) is 5.75 Å². The third-order valence-corrected chi connectivity index (χ3v) is 3.82. The van der Waals surface area contributed by atoms with E-state index in [1.165, 1.54) is 6.07 Å². The summed E-state index contributed by atoms with van der Waals surface area (Å²) in [7, 11) is 0. The fourth-order valence-corrected chi connectivity index (χ4v) is 2.55. The lowest BCUT2D eigenvalue weighted by atomic mass is 10.1. The molecule has 6 heteroatoms. The Morgan fingerprint density at radius 1 is 1.12 bits per heavy atom. The minimum atomic E-state index is -0.447. The van der Waals surface area contributed by atoms with Crippen LogP contribution in [0.15, 0.2) is 63.8 Å². The van der Waals surface area contributed by atoms with Crippen LogP contribution in [0.1, 0.15) is 11.1 Å². The molecule has 1 heterocycles.